The van der Waals surface area contributed by atoms with Crippen molar-refractivity contribution in [1.29, 1.82) is 0 Å². The van der Waals surface area contributed by atoms with E-state index in [1.54, 1.807) is 6.20 Å². The number of benzene rings is 1. The van der Waals surface area contributed by atoms with Gasteiger partial charge in [-0.25, -0.2) is 15.0 Å². The predicted octanol–water partition coefficient (Wildman–Crippen LogP) is 7.33. The molecular formula is C57H73N11O5. The molecule has 2 atom stereocenters. The highest BCUT2D eigenvalue weighted by Crippen LogP contribution is 2.52. The number of nitrogens with one attached hydrogen (secondary N) is 2. The third kappa shape index (κ3) is 9.39. The van der Waals surface area contributed by atoms with Gasteiger partial charge in [-0.3, -0.25) is 29.3 Å². The van der Waals surface area contributed by atoms with E-state index in [2.05, 4.69) is 73.0 Å². The molecule has 1 spiro atoms. The van der Waals surface area contributed by atoms with E-state index in [0.29, 0.717) is 76.2 Å². The number of amides is 5. The maximum Gasteiger partial charge on any atom is 0.238 e. The molecule has 386 valence electrons. The summed E-state index contributed by atoms with van der Waals surface area (Å²) >= 11 is 0. The molecule has 7 fully saturated rings. The molecule has 6 aliphatic heterocycles. The van der Waals surface area contributed by atoms with Crippen LogP contribution in [0.3, 0.4) is 0 Å². The molecule has 8 aliphatic rings. The SMILES string of the molecule is CC(C)n1cnc2cc(-c3ccc4c(c3)N(C3CC(N5CCCCC5)C3)C(=O)C43CCN(C(=O)C[C@H]4CCCN(C(=O)CC5CCN(c6ccc(C7CCC(=O)NC7=O)cn6)CC5)C4)CC3)nc(NC3CC3)c21. The van der Waals surface area contributed by atoms with Gasteiger partial charge in [0.05, 0.1) is 28.9 Å². The van der Waals surface area contributed by atoms with Crippen molar-refractivity contribution in [3.63, 3.8) is 0 Å². The normalized spacial score (nSPS) is 25.9. The lowest BCUT2D eigenvalue weighted by Gasteiger charge is -2.48. The predicted molar refractivity (Wildman–Crippen MR) is 280 cm³/mol. The van der Waals surface area contributed by atoms with Crippen LogP contribution in [0.5, 0.6) is 0 Å². The Kier molecular flexibility index (Phi) is 13.0. The number of piperidine rings is 5. The standard InChI is InChI=1S/C57H73N11O5/c1-36(2)67-35-59-47-32-46(61-54(53(47)67)60-41-10-11-41)39-8-13-45-48(29-39)68(43-30-42(31-43)63-20-4-3-5-21-63)56(73)57(45)18-25-65(26-19-57)51(70)28-38-7-6-22-66(34-38)52(71)27-37-16-23-64(24-17-37)49-14-9-40(33-58-49)44-12-15-50(69)62-55(44)72/h8-9,13-14,29,32-33,35-38,41-44H,3-7,10-12,15-28,30-31,34H2,1-2H3,(H,60,61)(H,62,69,72)/t38-,42?,43?,44?/m1/s1. The van der Waals surface area contributed by atoms with Gasteiger partial charge in [-0.15, -0.1) is 0 Å². The number of carbonyl (C=O) groups excluding carboxylic acids is 5. The van der Waals surface area contributed by atoms with Crippen molar-refractivity contribution in [1.82, 2.24) is 39.5 Å². The molecule has 9 heterocycles. The number of nitrogens with zero attached hydrogens (tertiary/aromatic N) is 9. The molecule has 0 bridgehead atoms. The van der Waals surface area contributed by atoms with Gasteiger partial charge in [-0.1, -0.05) is 24.6 Å². The highest BCUT2D eigenvalue weighted by Gasteiger charge is 2.56. The summed E-state index contributed by atoms with van der Waals surface area (Å²) in [4.78, 5) is 93.1. The van der Waals surface area contributed by atoms with Crippen LogP contribution in [0.25, 0.3) is 22.3 Å². The number of aromatic nitrogens is 4. The van der Waals surface area contributed by atoms with E-state index in [1.165, 1.54) is 19.3 Å². The Hall–Kier alpha value is -5.90. The minimum absolute atomic E-state index is 0.123. The first kappa shape index (κ1) is 48.1. The fourth-order valence-corrected chi connectivity index (χ4v) is 13.6. The summed E-state index contributed by atoms with van der Waals surface area (Å²) < 4.78 is 2.20. The third-order valence-corrected chi connectivity index (χ3v) is 18.2. The Morgan fingerprint density at radius 3 is 2.27 bits per heavy atom. The average Bonchev–Trinajstić information content (AvgIpc) is 4.05. The number of rotatable bonds is 12. The van der Waals surface area contributed by atoms with E-state index in [-0.39, 0.29) is 53.5 Å². The summed E-state index contributed by atoms with van der Waals surface area (Å²) in [6, 6.07) is 13.9. The lowest BCUT2D eigenvalue weighted by Crippen LogP contribution is -2.58. The van der Waals surface area contributed by atoms with Crippen molar-refractivity contribution >= 4 is 57.9 Å². The number of imidazole rings is 1. The molecule has 4 aromatic rings. The molecule has 12 rings (SSSR count). The summed E-state index contributed by atoms with van der Waals surface area (Å²) in [5.74, 6) is 1.86. The molecule has 5 saturated heterocycles. The summed E-state index contributed by atoms with van der Waals surface area (Å²) in [6.45, 7) is 10.7. The second-order valence-corrected chi connectivity index (χ2v) is 23.3. The Balaban J connectivity index is 0.683. The first-order valence-electron chi connectivity index (χ1n) is 27.9. The van der Waals surface area contributed by atoms with Crippen LogP contribution in [0.2, 0.25) is 0 Å². The van der Waals surface area contributed by atoms with E-state index in [9.17, 15) is 19.2 Å². The van der Waals surface area contributed by atoms with Gasteiger partial charge in [0.25, 0.3) is 0 Å². The first-order valence-corrected chi connectivity index (χ1v) is 27.9. The molecule has 2 N–H and O–H groups in total. The van der Waals surface area contributed by atoms with Crippen molar-refractivity contribution in [3.05, 3.63) is 60.0 Å². The monoisotopic (exact) mass is 992 g/mol. The van der Waals surface area contributed by atoms with Crippen LogP contribution in [-0.2, 0) is 29.4 Å². The summed E-state index contributed by atoms with van der Waals surface area (Å²) in [5, 5.41) is 6.14. The Morgan fingerprint density at radius 1 is 0.781 bits per heavy atom. The van der Waals surface area contributed by atoms with Crippen LogP contribution < -0.4 is 20.4 Å². The van der Waals surface area contributed by atoms with Gasteiger partial charge < -0.3 is 34.4 Å². The zero-order valence-corrected chi connectivity index (χ0v) is 42.9. The molecule has 2 aliphatic carbocycles. The maximum atomic E-state index is 15.2. The van der Waals surface area contributed by atoms with E-state index in [1.807, 2.05) is 28.3 Å². The number of carbonyl (C=O) groups is 5. The van der Waals surface area contributed by atoms with Crippen LogP contribution in [0.4, 0.5) is 17.3 Å². The zero-order valence-electron chi connectivity index (χ0n) is 42.9. The van der Waals surface area contributed by atoms with Crippen molar-refractivity contribution < 1.29 is 24.0 Å². The van der Waals surface area contributed by atoms with Crippen molar-refractivity contribution in [2.24, 2.45) is 11.8 Å². The molecule has 2 saturated carbocycles. The highest BCUT2D eigenvalue weighted by atomic mass is 16.2. The fraction of sp³-hybridized carbons (Fsp3) is 0.614. The Bertz CT molecular complexity index is 2760. The number of fused-ring (bicyclic) bond motifs is 3. The lowest BCUT2D eigenvalue weighted by molar-refractivity contribution is -0.139. The molecule has 1 aromatic carbocycles. The summed E-state index contributed by atoms with van der Waals surface area (Å²) in [5.41, 5.74) is 6.07. The van der Waals surface area contributed by atoms with Gasteiger partial charge >= 0.3 is 0 Å². The van der Waals surface area contributed by atoms with Gasteiger partial charge in [0, 0.05) is 100 Å². The van der Waals surface area contributed by atoms with Crippen molar-refractivity contribution in [2.75, 3.05) is 67.5 Å². The van der Waals surface area contributed by atoms with Gasteiger partial charge in [0.2, 0.25) is 29.5 Å². The van der Waals surface area contributed by atoms with E-state index in [4.69, 9.17) is 9.97 Å². The van der Waals surface area contributed by atoms with Crippen LogP contribution in [0, 0.1) is 11.8 Å². The van der Waals surface area contributed by atoms with Crippen LogP contribution in [-0.4, -0.2) is 134 Å². The average molecular weight is 992 g/mol. The molecule has 1 unspecified atom stereocenters. The van der Waals surface area contributed by atoms with Crippen LogP contribution >= 0.6 is 0 Å². The Labute approximate surface area is 429 Å². The molecule has 73 heavy (non-hydrogen) atoms. The molecule has 3 aromatic heterocycles. The molecule has 16 nitrogen and oxygen atoms in total. The maximum absolute atomic E-state index is 15.2. The second-order valence-electron chi connectivity index (χ2n) is 23.3. The molecule has 5 amide bonds. The molecule has 16 heteroatoms. The highest BCUT2D eigenvalue weighted by molar-refractivity contribution is 6.09. The van der Waals surface area contributed by atoms with E-state index in [0.717, 1.165) is 135 Å². The number of likely N-dealkylation sites (tertiary alicyclic amines) is 3. The fourth-order valence-electron chi connectivity index (χ4n) is 13.6. The second kappa shape index (κ2) is 19.7. The van der Waals surface area contributed by atoms with E-state index >= 15 is 4.79 Å². The van der Waals surface area contributed by atoms with Gasteiger partial charge in [0.1, 0.15) is 11.3 Å². The number of pyridine rings is 2. The zero-order chi connectivity index (χ0) is 50.0. The topological polar surface area (TPSA) is 169 Å². The van der Waals surface area contributed by atoms with Gasteiger partial charge in [-0.2, -0.15) is 0 Å². The number of imide groups is 1. The molecule has 0 radical (unpaired) electrons. The van der Waals surface area contributed by atoms with Crippen molar-refractivity contribution in [3.8, 4) is 11.3 Å². The van der Waals surface area contributed by atoms with Crippen LogP contribution in [0.1, 0.15) is 146 Å². The minimum Gasteiger partial charge on any atom is -0.366 e. The number of hydrogen-bond acceptors (Lipinski definition) is 11. The largest absolute Gasteiger partial charge is 0.366 e. The van der Waals surface area contributed by atoms with Crippen LogP contribution in [0.15, 0.2) is 48.9 Å². The Morgan fingerprint density at radius 2 is 1.55 bits per heavy atom. The smallest absolute Gasteiger partial charge is 0.238 e. The van der Waals surface area contributed by atoms with Gasteiger partial charge in [-0.05, 0) is 152 Å². The number of anilines is 3. The first-order chi connectivity index (χ1) is 35.5. The minimum atomic E-state index is -0.671. The van der Waals surface area contributed by atoms with Crippen molar-refractivity contribution in [2.45, 2.75) is 159 Å². The summed E-state index contributed by atoms with van der Waals surface area (Å²) in [6.07, 6.45) is 18.4. The third-order valence-electron chi connectivity index (χ3n) is 18.2. The summed E-state index contributed by atoms with van der Waals surface area (Å²) in [7, 11) is 0. The molecular weight excluding hydrogens is 919 g/mol. The van der Waals surface area contributed by atoms with Gasteiger partial charge in [0.15, 0.2) is 5.82 Å². The lowest BCUT2D eigenvalue weighted by atomic mass is 9.73. The quantitative estimate of drug-likeness (QED) is 0.136. The number of hydrogen-bond donors (Lipinski definition) is 2. The van der Waals surface area contributed by atoms with E-state index < -0.39 is 5.41 Å².